The van der Waals surface area contributed by atoms with Crippen molar-refractivity contribution in [3.8, 4) is 28.0 Å². The molecule has 0 bridgehead atoms. The Balaban J connectivity index is 1.33. The molecule has 1 unspecified atom stereocenters. The van der Waals surface area contributed by atoms with Crippen molar-refractivity contribution in [3.05, 3.63) is 69.0 Å². The Kier molecular flexibility index (Phi) is 8.11. The SMILES string of the molecule is O=[N+]([O-])c1ncc(-c2cnc(C3CCNCC3)s2)cc1OCc1cccc(C#CC2(OP)CCCC2)c1. The quantitative estimate of drug-likeness (QED) is 0.181. The zero-order chi connectivity index (χ0) is 25.7. The molecule has 8 nitrogen and oxygen atoms in total. The van der Waals surface area contributed by atoms with Crippen LogP contribution in [0.3, 0.4) is 0 Å². The number of nitrogens with one attached hydrogen (secondary N) is 1. The first kappa shape index (κ1) is 25.7. The number of benzene rings is 1. The standard InChI is InChI=1S/C27H29N4O4PS/c32-31(33)25-23(15-22(16-29-25)24-17-30-26(37-24)21-7-12-28-13-8-21)34-18-20-5-3-4-19(14-20)6-11-27(35-36)9-1-2-10-27/h3-5,14-17,21,28H,1-2,7-10,12-13,18,36H2. The molecule has 0 radical (unpaired) electrons. The third kappa shape index (κ3) is 6.16. The van der Waals surface area contributed by atoms with Crippen molar-refractivity contribution in [2.24, 2.45) is 0 Å². The molecule has 2 aliphatic rings. The summed E-state index contributed by atoms with van der Waals surface area (Å²) in [5.74, 6) is 6.81. The van der Waals surface area contributed by atoms with Crippen LogP contribution < -0.4 is 10.1 Å². The third-order valence-corrected chi connectivity index (χ3v) is 8.56. The smallest absolute Gasteiger partial charge is 0.406 e. The molecule has 10 heteroatoms. The first-order valence-electron chi connectivity index (χ1n) is 12.5. The lowest BCUT2D eigenvalue weighted by Gasteiger charge is -2.20. The molecule has 1 N–H and O–H groups in total. The Morgan fingerprint density at radius 1 is 1.19 bits per heavy atom. The summed E-state index contributed by atoms with van der Waals surface area (Å²) in [7, 11) is 2.35. The van der Waals surface area contributed by atoms with Crippen molar-refractivity contribution in [3.63, 3.8) is 0 Å². The van der Waals surface area contributed by atoms with Gasteiger partial charge in [-0.3, -0.25) is 0 Å². The molecule has 1 aromatic carbocycles. The minimum atomic E-state index is -0.516. The molecule has 0 amide bonds. The first-order valence-corrected chi connectivity index (χ1v) is 13.8. The second-order valence-corrected chi connectivity index (χ2v) is 10.7. The molecule has 3 aromatic rings. The maximum absolute atomic E-state index is 11.6. The van der Waals surface area contributed by atoms with E-state index in [1.54, 1.807) is 17.4 Å². The normalized spacial score (nSPS) is 17.2. The van der Waals surface area contributed by atoms with Gasteiger partial charge in [-0.1, -0.05) is 24.0 Å². The third-order valence-electron chi connectivity index (χ3n) is 6.90. The molecule has 1 saturated heterocycles. The van der Waals surface area contributed by atoms with Crippen LogP contribution in [0.5, 0.6) is 5.75 Å². The van der Waals surface area contributed by atoms with Crippen molar-refractivity contribution in [2.45, 2.75) is 56.7 Å². The summed E-state index contributed by atoms with van der Waals surface area (Å²) < 4.78 is 11.6. The Morgan fingerprint density at radius 3 is 2.76 bits per heavy atom. The van der Waals surface area contributed by atoms with Gasteiger partial charge in [-0.25, -0.2) is 4.98 Å². The van der Waals surface area contributed by atoms with Gasteiger partial charge in [0.25, 0.3) is 0 Å². The van der Waals surface area contributed by atoms with E-state index in [1.165, 1.54) is 6.20 Å². The molecule has 3 heterocycles. The van der Waals surface area contributed by atoms with Gasteiger partial charge in [-0.05, 0) is 79.2 Å². The van der Waals surface area contributed by atoms with Crippen LogP contribution in [0, 0.1) is 22.0 Å². The number of thiazole rings is 1. The number of hydrogen-bond donors (Lipinski definition) is 1. The van der Waals surface area contributed by atoms with E-state index in [2.05, 4.69) is 36.6 Å². The van der Waals surface area contributed by atoms with Gasteiger partial charge in [0.15, 0.2) is 0 Å². The van der Waals surface area contributed by atoms with E-state index >= 15 is 0 Å². The maximum atomic E-state index is 11.6. The average Bonchev–Trinajstić information content (AvgIpc) is 3.62. The van der Waals surface area contributed by atoms with Gasteiger partial charge in [0.1, 0.15) is 18.4 Å². The van der Waals surface area contributed by atoms with Crippen LogP contribution in [0.4, 0.5) is 5.82 Å². The number of pyridine rings is 1. The Hall–Kier alpha value is -2.89. The monoisotopic (exact) mass is 536 g/mol. The fraction of sp³-hybridized carbons (Fsp3) is 0.407. The van der Waals surface area contributed by atoms with E-state index in [-0.39, 0.29) is 18.2 Å². The van der Waals surface area contributed by atoms with Crippen LogP contribution in [-0.4, -0.2) is 33.6 Å². The first-order chi connectivity index (χ1) is 18.0. The number of nitro groups is 1. The summed E-state index contributed by atoms with van der Waals surface area (Å²) in [5.41, 5.74) is 2.08. The summed E-state index contributed by atoms with van der Waals surface area (Å²) in [6, 6.07) is 9.40. The van der Waals surface area contributed by atoms with Crippen LogP contribution in [0.1, 0.15) is 60.6 Å². The Bertz CT molecular complexity index is 1320. The van der Waals surface area contributed by atoms with E-state index in [1.807, 2.05) is 30.5 Å². The van der Waals surface area contributed by atoms with E-state index in [0.717, 1.165) is 78.2 Å². The molecule has 2 aromatic heterocycles. The van der Waals surface area contributed by atoms with Gasteiger partial charge in [0, 0.05) is 38.8 Å². The van der Waals surface area contributed by atoms with E-state index in [4.69, 9.17) is 9.26 Å². The average molecular weight is 537 g/mol. The number of rotatable bonds is 7. The lowest BCUT2D eigenvalue weighted by atomic mass is 9.99. The summed E-state index contributed by atoms with van der Waals surface area (Å²) in [4.78, 5) is 20.8. The second-order valence-electron chi connectivity index (χ2n) is 9.45. The summed E-state index contributed by atoms with van der Waals surface area (Å²) >= 11 is 1.62. The van der Waals surface area contributed by atoms with Crippen LogP contribution in [0.2, 0.25) is 0 Å². The largest absolute Gasteiger partial charge is 0.481 e. The molecular weight excluding hydrogens is 507 g/mol. The van der Waals surface area contributed by atoms with Crippen molar-refractivity contribution >= 4 is 26.6 Å². The van der Waals surface area contributed by atoms with Gasteiger partial charge in [-0.15, -0.1) is 11.3 Å². The summed E-state index contributed by atoms with van der Waals surface area (Å²) in [6.07, 6.45) is 9.56. The van der Waals surface area contributed by atoms with Crippen molar-refractivity contribution in [2.75, 3.05) is 13.1 Å². The van der Waals surface area contributed by atoms with Gasteiger partial charge < -0.3 is 24.7 Å². The van der Waals surface area contributed by atoms with Gasteiger partial charge >= 0.3 is 5.82 Å². The Morgan fingerprint density at radius 2 is 2.00 bits per heavy atom. The highest BCUT2D eigenvalue weighted by Gasteiger charge is 2.31. The number of aromatic nitrogens is 2. The molecule has 0 spiro atoms. The molecule has 1 saturated carbocycles. The number of ether oxygens (including phenoxy) is 1. The molecule has 5 rings (SSSR count). The highest BCUT2D eigenvalue weighted by Crippen LogP contribution is 2.37. The van der Waals surface area contributed by atoms with Crippen LogP contribution in [-0.2, 0) is 11.1 Å². The van der Waals surface area contributed by atoms with E-state index in [0.29, 0.717) is 5.92 Å². The highest BCUT2D eigenvalue weighted by molar-refractivity contribution is 7.15. The topological polar surface area (TPSA) is 99.4 Å². The van der Waals surface area contributed by atoms with Crippen molar-refractivity contribution < 1.29 is 14.2 Å². The highest BCUT2D eigenvalue weighted by atomic mass is 32.1. The molecule has 1 aliphatic carbocycles. The number of hydrogen-bond acceptors (Lipinski definition) is 8. The van der Waals surface area contributed by atoms with Gasteiger partial charge in [0.05, 0.1) is 9.88 Å². The summed E-state index contributed by atoms with van der Waals surface area (Å²) in [6.45, 7) is 2.15. The maximum Gasteiger partial charge on any atom is 0.406 e. The van der Waals surface area contributed by atoms with Gasteiger partial charge in [-0.2, -0.15) is 0 Å². The fourth-order valence-electron chi connectivity index (χ4n) is 4.80. The predicted molar refractivity (Wildman–Crippen MR) is 146 cm³/mol. The molecule has 37 heavy (non-hydrogen) atoms. The minimum Gasteiger partial charge on any atom is -0.481 e. The number of nitrogens with zero attached hydrogens (tertiary/aromatic N) is 3. The molecule has 192 valence electrons. The lowest BCUT2D eigenvalue weighted by Crippen LogP contribution is -2.26. The minimum absolute atomic E-state index is 0.136. The molecule has 1 aliphatic heterocycles. The van der Waals surface area contributed by atoms with Crippen molar-refractivity contribution in [1.82, 2.24) is 15.3 Å². The zero-order valence-corrected chi connectivity index (χ0v) is 22.4. The predicted octanol–water partition coefficient (Wildman–Crippen LogP) is 5.63. The van der Waals surface area contributed by atoms with E-state index in [9.17, 15) is 10.1 Å². The van der Waals surface area contributed by atoms with Gasteiger partial charge in [0.2, 0.25) is 5.75 Å². The van der Waals surface area contributed by atoms with Crippen LogP contribution in [0.25, 0.3) is 10.4 Å². The van der Waals surface area contributed by atoms with Crippen molar-refractivity contribution in [1.29, 1.82) is 0 Å². The zero-order valence-electron chi connectivity index (χ0n) is 20.4. The number of piperidine rings is 1. The van der Waals surface area contributed by atoms with E-state index < -0.39 is 10.5 Å². The molecule has 2 fully saturated rings. The summed E-state index contributed by atoms with van der Waals surface area (Å²) in [5, 5.41) is 16.1. The lowest BCUT2D eigenvalue weighted by molar-refractivity contribution is -0.390. The molecule has 1 atom stereocenters. The van der Waals surface area contributed by atoms with Crippen LogP contribution in [0.15, 0.2) is 42.7 Å². The molecular formula is C27H29N4O4PS. The fourth-order valence-corrected chi connectivity index (χ4v) is 6.16. The van der Waals surface area contributed by atoms with Crippen LogP contribution >= 0.6 is 20.8 Å². The Labute approximate surface area is 222 Å². The second kappa shape index (κ2) is 11.7.